The summed E-state index contributed by atoms with van der Waals surface area (Å²) >= 11 is 6.07. The van der Waals surface area contributed by atoms with Gasteiger partial charge >= 0.3 is 0 Å². The fourth-order valence-corrected chi connectivity index (χ4v) is 2.32. The van der Waals surface area contributed by atoms with Crippen LogP contribution in [0.3, 0.4) is 0 Å². The zero-order valence-electron chi connectivity index (χ0n) is 12.2. The maximum absolute atomic E-state index is 12.4. The Kier molecular flexibility index (Phi) is 4.78. The largest absolute Gasteiger partial charge is 0.337 e. The lowest BCUT2D eigenvalue weighted by molar-refractivity contribution is -0.384. The molecule has 6 heteroatoms. The van der Waals surface area contributed by atoms with Gasteiger partial charge in [0.2, 0.25) is 0 Å². The van der Waals surface area contributed by atoms with Crippen LogP contribution in [-0.4, -0.2) is 22.8 Å². The molecule has 0 aliphatic carbocycles. The maximum atomic E-state index is 12.4. The lowest BCUT2D eigenvalue weighted by Gasteiger charge is -2.19. The van der Waals surface area contributed by atoms with Crippen molar-refractivity contribution in [2.75, 3.05) is 7.05 Å². The highest BCUT2D eigenvalue weighted by atomic mass is 35.5. The van der Waals surface area contributed by atoms with Crippen LogP contribution in [0.15, 0.2) is 42.5 Å². The van der Waals surface area contributed by atoms with Crippen molar-refractivity contribution in [1.82, 2.24) is 4.90 Å². The molecule has 0 unspecified atom stereocenters. The molecule has 0 fully saturated rings. The van der Waals surface area contributed by atoms with E-state index in [1.807, 2.05) is 19.1 Å². The van der Waals surface area contributed by atoms with Crippen molar-refractivity contribution in [3.05, 3.63) is 74.3 Å². The van der Waals surface area contributed by atoms with Gasteiger partial charge in [-0.1, -0.05) is 29.8 Å². The van der Waals surface area contributed by atoms with Crippen LogP contribution in [0.1, 0.15) is 21.5 Å². The first-order valence-electron chi connectivity index (χ1n) is 6.64. The second-order valence-electron chi connectivity index (χ2n) is 5.01. The molecular formula is C16H15ClN2O3. The Balaban J connectivity index is 2.24. The smallest absolute Gasteiger partial charge is 0.269 e. The summed E-state index contributed by atoms with van der Waals surface area (Å²) in [4.78, 5) is 24.3. The van der Waals surface area contributed by atoms with E-state index in [1.165, 1.54) is 23.1 Å². The van der Waals surface area contributed by atoms with E-state index in [1.54, 1.807) is 19.2 Å². The highest BCUT2D eigenvalue weighted by Crippen LogP contribution is 2.23. The SMILES string of the molecule is Cc1ccccc1C(=O)N(C)Cc1cc([N+](=O)[O-])ccc1Cl. The van der Waals surface area contributed by atoms with Crippen LogP contribution in [0.5, 0.6) is 0 Å². The van der Waals surface area contributed by atoms with E-state index in [4.69, 9.17) is 11.6 Å². The number of non-ortho nitro benzene ring substituents is 1. The minimum absolute atomic E-state index is 0.0452. The number of amides is 1. The number of nitro benzene ring substituents is 1. The average Bonchev–Trinajstić information content (AvgIpc) is 2.49. The Morgan fingerprint density at radius 1 is 1.27 bits per heavy atom. The molecule has 22 heavy (non-hydrogen) atoms. The maximum Gasteiger partial charge on any atom is 0.269 e. The van der Waals surface area contributed by atoms with Crippen molar-refractivity contribution < 1.29 is 9.72 Å². The van der Waals surface area contributed by atoms with Gasteiger partial charge in [0.25, 0.3) is 11.6 Å². The monoisotopic (exact) mass is 318 g/mol. The van der Waals surface area contributed by atoms with Crippen LogP contribution < -0.4 is 0 Å². The number of nitro groups is 1. The summed E-state index contributed by atoms with van der Waals surface area (Å²) in [6, 6.07) is 11.5. The molecule has 114 valence electrons. The Morgan fingerprint density at radius 3 is 2.59 bits per heavy atom. The lowest BCUT2D eigenvalue weighted by Crippen LogP contribution is -2.27. The predicted octanol–water partition coefficient (Wildman–Crippen LogP) is 3.83. The Hall–Kier alpha value is -2.40. The highest BCUT2D eigenvalue weighted by molar-refractivity contribution is 6.31. The zero-order valence-corrected chi connectivity index (χ0v) is 13.0. The molecule has 0 spiro atoms. The first-order chi connectivity index (χ1) is 10.4. The van der Waals surface area contributed by atoms with Gasteiger partial charge in [0, 0.05) is 36.3 Å². The number of carbonyl (C=O) groups is 1. The molecule has 2 aromatic rings. The highest BCUT2D eigenvalue weighted by Gasteiger charge is 2.17. The summed E-state index contributed by atoms with van der Waals surface area (Å²) in [5.74, 6) is -0.152. The van der Waals surface area contributed by atoms with Gasteiger partial charge in [0.1, 0.15) is 0 Å². The van der Waals surface area contributed by atoms with E-state index in [9.17, 15) is 14.9 Å². The van der Waals surface area contributed by atoms with Crippen LogP contribution in [0.25, 0.3) is 0 Å². The first kappa shape index (κ1) is 16.0. The van der Waals surface area contributed by atoms with Gasteiger partial charge in [0.15, 0.2) is 0 Å². The van der Waals surface area contributed by atoms with E-state index < -0.39 is 4.92 Å². The molecule has 0 saturated carbocycles. The Labute approximate surface area is 133 Å². The zero-order chi connectivity index (χ0) is 16.3. The second-order valence-corrected chi connectivity index (χ2v) is 5.42. The van der Waals surface area contributed by atoms with Gasteiger partial charge < -0.3 is 4.90 Å². The molecule has 5 nitrogen and oxygen atoms in total. The summed E-state index contributed by atoms with van der Waals surface area (Å²) < 4.78 is 0. The molecule has 0 N–H and O–H groups in total. The molecule has 0 aromatic heterocycles. The molecule has 0 radical (unpaired) electrons. The van der Waals surface area contributed by atoms with E-state index in [2.05, 4.69) is 0 Å². The molecule has 0 heterocycles. The van der Waals surface area contributed by atoms with Gasteiger partial charge in [-0.05, 0) is 30.2 Å². The molecule has 2 rings (SSSR count). The minimum Gasteiger partial charge on any atom is -0.337 e. The topological polar surface area (TPSA) is 63.5 Å². The number of hydrogen-bond acceptors (Lipinski definition) is 3. The van der Waals surface area contributed by atoms with Crippen LogP contribution in [0.4, 0.5) is 5.69 Å². The molecule has 0 bridgehead atoms. The van der Waals surface area contributed by atoms with E-state index in [0.717, 1.165) is 5.56 Å². The van der Waals surface area contributed by atoms with E-state index in [0.29, 0.717) is 16.1 Å². The van der Waals surface area contributed by atoms with Crippen molar-refractivity contribution >= 4 is 23.2 Å². The van der Waals surface area contributed by atoms with Gasteiger partial charge in [0.05, 0.1) is 4.92 Å². The van der Waals surface area contributed by atoms with Crippen molar-refractivity contribution in [2.24, 2.45) is 0 Å². The third-order valence-corrected chi connectivity index (χ3v) is 3.74. The van der Waals surface area contributed by atoms with Crippen LogP contribution in [-0.2, 0) is 6.54 Å². The summed E-state index contributed by atoms with van der Waals surface area (Å²) in [6.07, 6.45) is 0. The van der Waals surface area contributed by atoms with Gasteiger partial charge in [-0.2, -0.15) is 0 Å². The number of halogens is 1. The van der Waals surface area contributed by atoms with Crippen LogP contribution in [0, 0.1) is 17.0 Å². The van der Waals surface area contributed by atoms with Crippen molar-refractivity contribution in [3.8, 4) is 0 Å². The summed E-state index contributed by atoms with van der Waals surface area (Å²) in [5, 5.41) is 11.2. The molecule has 1 amide bonds. The van der Waals surface area contributed by atoms with Crippen LogP contribution >= 0.6 is 11.6 Å². The number of hydrogen-bond donors (Lipinski definition) is 0. The minimum atomic E-state index is -0.483. The Morgan fingerprint density at radius 2 is 1.95 bits per heavy atom. The van der Waals surface area contributed by atoms with E-state index >= 15 is 0 Å². The third kappa shape index (κ3) is 3.43. The number of rotatable bonds is 4. The van der Waals surface area contributed by atoms with Crippen LogP contribution in [0.2, 0.25) is 5.02 Å². The molecule has 2 aromatic carbocycles. The number of aryl methyl sites for hydroxylation is 1. The molecule has 0 saturated heterocycles. The molecule has 0 atom stereocenters. The fourth-order valence-electron chi connectivity index (χ4n) is 2.14. The average molecular weight is 319 g/mol. The summed E-state index contributed by atoms with van der Waals surface area (Å²) in [5.41, 5.74) is 1.98. The fraction of sp³-hybridized carbons (Fsp3) is 0.188. The Bertz CT molecular complexity index is 731. The van der Waals surface area contributed by atoms with E-state index in [-0.39, 0.29) is 18.1 Å². The first-order valence-corrected chi connectivity index (χ1v) is 7.02. The molecular weight excluding hydrogens is 304 g/mol. The number of carbonyl (C=O) groups excluding carboxylic acids is 1. The summed E-state index contributed by atoms with van der Waals surface area (Å²) in [6.45, 7) is 2.06. The lowest BCUT2D eigenvalue weighted by atomic mass is 10.1. The standard InChI is InChI=1S/C16H15ClN2O3/c1-11-5-3-4-6-14(11)16(20)18(2)10-12-9-13(19(21)22)7-8-15(12)17/h3-9H,10H2,1-2H3. The van der Waals surface area contributed by atoms with Crippen molar-refractivity contribution in [2.45, 2.75) is 13.5 Å². The quantitative estimate of drug-likeness (QED) is 0.635. The number of nitrogens with zero attached hydrogens (tertiary/aromatic N) is 2. The van der Waals surface area contributed by atoms with Gasteiger partial charge in [-0.3, -0.25) is 14.9 Å². The summed E-state index contributed by atoms with van der Waals surface area (Å²) in [7, 11) is 1.64. The second kappa shape index (κ2) is 6.58. The van der Waals surface area contributed by atoms with Crippen molar-refractivity contribution in [3.63, 3.8) is 0 Å². The third-order valence-electron chi connectivity index (χ3n) is 3.37. The molecule has 0 aliphatic heterocycles. The van der Waals surface area contributed by atoms with Gasteiger partial charge in [-0.25, -0.2) is 0 Å². The normalized spacial score (nSPS) is 10.3. The van der Waals surface area contributed by atoms with Crippen molar-refractivity contribution in [1.29, 1.82) is 0 Å². The number of benzene rings is 2. The predicted molar refractivity (Wildman–Crippen MR) is 85.1 cm³/mol. The van der Waals surface area contributed by atoms with Gasteiger partial charge in [-0.15, -0.1) is 0 Å². The molecule has 0 aliphatic rings.